The quantitative estimate of drug-likeness (QED) is 0.882. The number of hydrogen-bond acceptors (Lipinski definition) is 4. The number of para-hydroxylation sites is 1. The van der Waals surface area contributed by atoms with Crippen molar-refractivity contribution >= 4 is 5.91 Å². The van der Waals surface area contributed by atoms with Gasteiger partial charge in [0.05, 0.1) is 13.2 Å². The lowest BCUT2D eigenvalue weighted by molar-refractivity contribution is -0.132. The molecule has 0 spiro atoms. The molecule has 0 saturated heterocycles. The van der Waals surface area contributed by atoms with Crippen molar-refractivity contribution in [3.05, 3.63) is 62.9 Å². The smallest absolute Gasteiger partial charge is 0.328 e. The Labute approximate surface area is 133 Å². The van der Waals surface area contributed by atoms with Gasteiger partial charge >= 0.3 is 5.69 Å². The van der Waals surface area contributed by atoms with E-state index in [9.17, 15) is 14.4 Å². The summed E-state index contributed by atoms with van der Waals surface area (Å²) in [5.41, 5.74) is -0.224. The van der Waals surface area contributed by atoms with E-state index in [2.05, 4.69) is 4.98 Å². The molecule has 2 aromatic rings. The van der Waals surface area contributed by atoms with Crippen LogP contribution in [0.3, 0.4) is 0 Å². The van der Waals surface area contributed by atoms with Crippen LogP contribution >= 0.6 is 0 Å². The number of amides is 1. The lowest BCUT2D eigenvalue weighted by atomic mass is 10.1. The number of carbonyl (C=O) groups is 1. The highest BCUT2D eigenvalue weighted by Gasteiger charge is 2.20. The van der Waals surface area contributed by atoms with Crippen LogP contribution < -0.4 is 16.0 Å². The van der Waals surface area contributed by atoms with E-state index < -0.39 is 11.2 Å². The molecule has 0 unspecified atom stereocenters. The molecule has 2 rings (SSSR count). The highest BCUT2D eigenvalue weighted by molar-refractivity contribution is 5.76. The molecule has 1 heterocycles. The Morgan fingerprint density at radius 3 is 2.65 bits per heavy atom. The number of benzene rings is 1. The molecule has 7 heteroatoms. The number of nitrogens with one attached hydrogen (secondary N) is 1. The molecule has 23 heavy (non-hydrogen) atoms. The molecular weight excluding hydrogens is 298 g/mol. The van der Waals surface area contributed by atoms with Crippen LogP contribution in [0.15, 0.2) is 46.1 Å². The number of H-pyrrole nitrogens is 1. The maximum atomic E-state index is 12.4. The predicted octanol–water partition coefficient (Wildman–Crippen LogP) is 0.765. The van der Waals surface area contributed by atoms with Crippen LogP contribution in [-0.4, -0.2) is 34.5 Å². The zero-order valence-corrected chi connectivity index (χ0v) is 13.3. The Hall–Kier alpha value is -2.83. The number of aromatic nitrogens is 2. The van der Waals surface area contributed by atoms with Gasteiger partial charge in [0, 0.05) is 24.9 Å². The van der Waals surface area contributed by atoms with E-state index in [1.165, 1.54) is 17.2 Å². The van der Waals surface area contributed by atoms with E-state index in [0.717, 1.165) is 10.1 Å². The Kier molecular flexibility index (Phi) is 5.00. The molecule has 0 fully saturated rings. The first-order valence-electron chi connectivity index (χ1n) is 7.12. The summed E-state index contributed by atoms with van der Waals surface area (Å²) in [6.07, 6.45) is 1.31. The monoisotopic (exact) mass is 317 g/mol. The summed E-state index contributed by atoms with van der Waals surface area (Å²) < 4.78 is 6.48. The largest absolute Gasteiger partial charge is 0.496 e. The van der Waals surface area contributed by atoms with E-state index in [4.69, 9.17) is 4.74 Å². The van der Waals surface area contributed by atoms with Crippen molar-refractivity contribution < 1.29 is 9.53 Å². The highest BCUT2D eigenvalue weighted by Crippen LogP contribution is 2.28. The van der Waals surface area contributed by atoms with Crippen LogP contribution in [0.5, 0.6) is 5.75 Å². The van der Waals surface area contributed by atoms with Crippen molar-refractivity contribution in [3.63, 3.8) is 0 Å². The molecule has 122 valence electrons. The van der Waals surface area contributed by atoms with Gasteiger partial charge in [-0.25, -0.2) is 4.79 Å². The van der Waals surface area contributed by atoms with Gasteiger partial charge in [0.25, 0.3) is 5.56 Å². The molecule has 1 aromatic carbocycles. The first-order chi connectivity index (χ1) is 10.9. The number of carbonyl (C=O) groups excluding carboxylic acids is 1. The maximum Gasteiger partial charge on any atom is 0.328 e. The molecular formula is C16H19N3O4. The summed E-state index contributed by atoms with van der Waals surface area (Å²) in [7, 11) is 3.24. The fourth-order valence-corrected chi connectivity index (χ4v) is 2.26. The van der Waals surface area contributed by atoms with E-state index in [1.807, 2.05) is 31.2 Å². The minimum atomic E-state index is -0.607. The molecule has 0 aliphatic heterocycles. The number of aromatic amines is 1. The number of nitrogens with zero attached hydrogens (tertiary/aromatic N) is 2. The lowest BCUT2D eigenvalue weighted by Gasteiger charge is -2.26. The zero-order chi connectivity index (χ0) is 17.0. The predicted molar refractivity (Wildman–Crippen MR) is 85.5 cm³/mol. The van der Waals surface area contributed by atoms with E-state index in [1.54, 1.807) is 14.2 Å². The van der Waals surface area contributed by atoms with Gasteiger partial charge in [-0.1, -0.05) is 18.2 Å². The highest BCUT2D eigenvalue weighted by atomic mass is 16.5. The van der Waals surface area contributed by atoms with Gasteiger partial charge in [-0.05, 0) is 13.0 Å². The summed E-state index contributed by atoms with van der Waals surface area (Å²) in [5.74, 6) is 0.443. The minimum absolute atomic E-state index is 0.147. The molecule has 1 N–H and O–H groups in total. The first kappa shape index (κ1) is 16.5. The second-order valence-corrected chi connectivity index (χ2v) is 5.16. The zero-order valence-electron chi connectivity index (χ0n) is 13.3. The molecule has 0 aliphatic carbocycles. The average Bonchev–Trinajstić information content (AvgIpc) is 2.55. The van der Waals surface area contributed by atoms with Crippen molar-refractivity contribution in [1.82, 2.24) is 14.5 Å². The van der Waals surface area contributed by atoms with Crippen LogP contribution in [0.25, 0.3) is 0 Å². The first-order valence-corrected chi connectivity index (χ1v) is 7.12. The van der Waals surface area contributed by atoms with Crippen LogP contribution in [0, 0.1) is 0 Å². The number of ether oxygens (including phenoxy) is 1. The van der Waals surface area contributed by atoms with Crippen molar-refractivity contribution in [1.29, 1.82) is 0 Å². The summed E-state index contributed by atoms with van der Waals surface area (Å²) in [5, 5.41) is 0. The third-order valence-corrected chi connectivity index (χ3v) is 3.77. The van der Waals surface area contributed by atoms with Gasteiger partial charge in [-0.3, -0.25) is 19.1 Å². The molecule has 7 nitrogen and oxygen atoms in total. The van der Waals surface area contributed by atoms with Gasteiger partial charge < -0.3 is 9.64 Å². The summed E-state index contributed by atoms with van der Waals surface area (Å²) in [6, 6.07) is 8.43. The molecule has 0 aliphatic rings. The Bertz CT molecular complexity index is 809. The van der Waals surface area contributed by atoms with Crippen LogP contribution in [0.1, 0.15) is 18.5 Å². The normalized spacial score (nSPS) is 11.8. The second kappa shape index (κ2) is 6.95. The van der Waals surface area contributed by atoms with E-state index >= 15 is 0 Å². The lowest BCUT2D eigenvalue weighted by Crippen LogP contribution is -2.37. The average molecular weight is 317 g/mol. The van der Waals surface area contributed by atoms with Gasteiger partial charge in [0.15, 0.2) is 0 Å². The van der Waals surface area contributed by atoms with Crippen molar-refractivity contribution in [2.24, 2.45) is 0 Å². The molecule has 0 saturated carbocycles. The summed E-state index contributed by atoms with van der Waals surface area (Å²) in [4.78, 5) is 38.8. The van der Waals surface area contributed by atoms with Gasteiger partial charge in [-0.15, -0.1) is 0 Å². The van der Waals surface area contributed by atoms with Crippen molar-refractivity contribution in [3.8, 4) is 5.75 Å². The number of rotatable bonds is 5. The summed E-state index contributed by atoms with van der Waals surface area (Å²) in [6.45, 7) is 1.73. The number of likely N-dealkylation sites (N-methyl/N-ethyl adjacent to an activating group) is 1. The van der Waals surface area contributed by atoms with Crippen molar-refractivity contribution in [2.75, 3.05) is 14.2 Å². The molecule has 1 amide bonds. The van der Waals surface area contributed by atoms with Gasteiger partial charge in [0.2, 0.25) is 5.91 Å². The Morgan fingerprint density at radius 2 is 2.00 bits per heavy atom. The van der Waals surface area contributed by atoms with Crippen LogP contribution in [0.4, 0.5) is 0 Å². The summed E-state index contributed by atoms with van der Waals surface area (Å²) >= 11 is 0. The number of methoxy groups -OCH3 is 1. The Morgan fingerprint density at radius 1 is 1.30 bits per heavy atom. The van der Waals surface area contributed by atoms with E-state index in [-0.39, 0.29) is 18.5 Å². The fraction of sp³-hybridized carbons (Fsp3) is 0.312. The molecule has 0 bridgehead atoms. The second-order valence-electron chi connectivity index (χ2n) is 5.16. The third kappa shape index (κ3) is 3.68. The SMILES string of the molecule is COc1ccccc1[C@H](C)N(C)C(=O)Cn1ccc(=O)[nH]c1=O. The standard InChI is InChI=1S/C16H19N3O4/c1-11(12-6-4-5-7-13(12)23-3)18(2)15(21)10-19-9-8-14(20)17-16(19)22/h4-9,11H,10H2,1-3H3,(H,17,20,22)/t11-/m0/s1. The fourth-order valence-electron chi connectivity index (χ4n) is 2.26. The molecule has 0 radical (unpaired) electrons. The van der Waals surface area contributed by atoms with Gasteiger partial charge in [-0.2, -0.15) is 0 Å². The topological polar surface area (TPSA) is 84.4 Å². The van der Waals surface area contributed by atoms with E-state index in [0.29, 0.717) is 5.75 Å². The number of hydrogen-bond donors (Lipinski definition) is 1. The van der Waals surface area contributed by atoms with Crippen LogP contribution in [-0.2, 0) is 11.3 Å². The molecule has 1 atom stereocenters. The minimum Gasteiger partial charge on any atom is -0.496 e. The van der Waals surface area contributed by atoms with Crippen molar-refractivity contribution in [2.45, 2.75) is 19.5 Å². The third-order valence-electron chi connectivity index (χ3n) is 3.77. The maximum absolute atomic E-state index is 12.4. The Balaban J connectivity index is 2.18. The molecule has 1 aromatic heterocycles. The van der Waals surface area contributed by atoms with Gasteiger partial charge in [0.1, 0.15) is 12.3 Å². The van der Waals surface area contributed by atoms with Crippen LogP contribution in [0.2, 0.25) is 0 Å².